The monoisotopic (exact) mass is 513 g/mol. The van der Waals surface area contributed by atoms with Crippen molar-refractivity contribution in [2.75, 3.05) is 0 Å². The zero-order chi connectivity index (χ0) is 26.7. The Balaban J connectivity index is 1.77. The molecule has 0 saturated carbocycles. The maximum absolute atomic E-state index is 13.6. The van der Waals surface area contributed by atoms with Crippen LogP contribution in [0.15, 0.2) is 76.7 Å². The molecule has 1 N–H and O–H groups in total. The number of nitrogens with zero attached hydrogens (tertiary/aromatic N) is 2. The Hall–Kier alpha value is -3.71. The van der Waals surface area contributed by atoms with Gasteiger partial charge in [0, 0.05) is 17.2 Å². The third kappa shape index (κ3) is 6.00. The van der Waals surface area contributed by atoms with E-state index in [4.69, 9.17) is 4.98 Å². The molecule has 0 aliphatic carbocycles. The summed E-state index contributed by atoms with van der Waals surface area (Å²) in [6.45, 7) is 9.94. The highest BCUT2D eigenvalue weighted by Gasteiger charge is 2.22. The van der Waals surface area contributed by atoms with Crippen LogP contribution in [-0.2, 0) is 6.54 Å². The van der Waals surface area contributed by atoms with Crippen molar-refractivity contribution < 1.29 is 9.59 Å². The fourth-order valence-corrected chi connectivity index (χ4v) is 5.01. The van der Waals surface area contributed by atoms with E-state index in [1.807, 2.05) is 83.1 Å². The van der Waals surface area contributed by atoms with Crippen LogP contribution in [0.3, 0.4) is 0 Å². The van der Waals surface area contributed by atoms with E-state index in [1.165, 1.54) is 11.8 Å². The lowest BCUT2D eigenvalue weighted by atomic mass is 10.0. The SMILES string of the molecule is Cc1ccc(C(=O)[C@H](C)Sc2nc3cc(C(=O)NC(C)C)ccc3c(=O)n2Cc2ccccc2)cc1C. The van der Waals surface area contributed by atoms with Crippen molar-refractivity contribution in [3.63, 3.8) is 0 Å². The lowest BCUT2D eigenvalue weighted by Gasteiger charge is -2.17. The molecule has 4 rings (SSSR count). The number of ketones is 1. The molecule has 0 radical (unpaired) electrons. The zero-order valence-corrected chi connectivity index (χ0v) is 22.6. The summed E-state index contributed by atoms with van der Waals surface area (Å²) < 4.78 is 1.61. The van der Waals surface area contributed by atoms with Gasteiger partial charge in [-0.25, -0.2) is 4.98 Å². The molecule has 0 unspecified atom stereocenters. The lowest BCUT2D eigenvalue weighted by molar-refractivity contribution is 0.0942. The summed E-state index contributed by atoms with van der Waals surface area (Å²) in [6.07, 6.45) is 0. The Kier molecular flexibility index (Phi) is 7.93. The fourth-order valence-electron chi connectivity index (χ4n) is 4.02. The van der Waals surface area contributed by atoms with Crippen molar-refractivity contribution in [1.82, 2.24) is 14.9 Å². The summed E-state index contributed by atoms with van der Waals surface area (Å²) in [6, 6.07) is 20.3. The van der Waals surface area contributed by atoms with Crippen LogP contribution in [0.25, 0.3) is 10.9 Å². The van der Waals surface area contributed by atoms with Crippen molar-refractivity contribution >= 4 is 34.4 Å². The maximum Gasteiger partial charge on any atom is 0.262 e. The molecule has 0 spiro atoms. The molecule has 0 fully saturated rings. The highest BCUT2D eigenvalue weighted by Crippen LogP contribution is 2.26. The first-order valence-corrected chi connectivity index (χ1v) is 13.2. The van der Waals surface area contributed by atoms with E-state index in [1.54, 1.807) is 22.8 Å². The van der Waals surface area contributed by atoms with Crippen LogP contribution in [0.1, 0.15) is 58.2 Å². The van der Waals surface area contributed by atoms with Crippen molar-refractivity contribution in [2.24, 2.45) is 0 Å². The molecule has 0 aliphatic rings. The summed E-state index contributed by atoms with van der Waals surface area (Å²) in [5, 5.41) is 3.26. The quantitative estimate of drug-likeness (QED) is 0.189. The number of benzene rings is 3. The number of fused-ring (bicyclic) bond motifs is 1. The largest absolute Gasteiger partial charge is 0.350 e. The van der Waals surface area contributed by atoms with Crippen LogP contribution in [0.4, 0.5) is 0 Å². The van der Waals surface area contributed by atoms with Gasteiger partial charge in [-0.1, -0.05) is 54.2 Å². The number of amides is 1. The molecule has 4 aromatic rings. The van der Waals surface area contributed by atoms with Gasteiger partial charge >= 0.3 is 0 Å². The van der Waals surface area contributed by atoms with Gasteiger partial charge in [0.25, 0.3) is 11.5 Å². The number of aromatic nitrogens is 2. The third-order valence-electron chi connectivity index (χ3n) is 6.23. The van der Waals surface area contributed by atoms with Crippen LogP contribution >= 0.6 is 11.8 Å². The van der Waals surface area contributed by atoms with E-state index in [-0.39, 0.29) is 23.3 Å². The van der Waals surface area contributed by atoms with Crippen LogP contribution in [-0.4, -0.2) is 32.5 Å². The van der Waals surface area contributed by atoms with Gasteiger partial charge in [0.15, 0.2) is 10.9 Å². The Bertz CT molecular complexity index is 1530. The van der Waals surface area contributed by atoms with Gasteiger partial charge in [0.2, 0.25) is 0 Å². The number of carbonyl (C=O) groups excluding carboxylic acids is 2. The third-order valence-corrected chi connectivity index (χ3v) is 7.32. The van der Waals surface area contributed by atoms with E-state index in [9.17, 15) is 14.4 Å². The molecule has 0 bridgehead atoms. The molecular formula is C30H31N3O3S. The number of aryl methyl sites for hydroxylation is 2. The normalized spacial score (nSPS) is 12.1. The van der Waals surface area contributed by atoms with E-state index in [0.29, 0.717) is 33.7 Å². The molecular weight excluding hydrogens is 482 g/mol. The van der Waals surface area contributed by atoms with Gasteiger partial charge in [-0.3, -0.25) is 19.0 Å². The molecule has 3 aromatic carbocycles. The van der Waals surface area contributed by atoms with E-state index >= 15 is 0 Å². The van der Waals surface area contributed by atoms with Gasteiger partial charge in [-0.15, -0.1) is 0 Å². The average Bonchev–Trinajstić information content (AvgIpc) is 2.87. The highest BCUT2D eigenvalue weighted by atomic mass is 32.2. The first-order chi connectivity index (χ1) is 17.6. The van der Waals surface area contributed by atoms with Crippen LogP contribution in [0.2, 0.25) is 0 Å². The second-order valence-electron chi connectivity index (χ2n) is 9.55. The topological polar surface area (TPSA) is 81.1 Å². The Morgan fingerprint density at radius 3 is 2.30 bits per heavy atom. The second kappa shape index (κ2) is 11.1. The van der Waals surface area contributed by atoms with Gasteiger partial charge in [0.05, 0.1) is 22.7 Å². The molecule has 6 nitrogen and oxygen atoms in total. The molecule has 1 heterocycles. The summed E-state index contributed by atoms with van der Waals surface area (Å²) in [5.74, 6) is -0.251. The number of carbonyl (C=O) groups is 2. The summed E-state index contributed by atoms with van der Waals surface area (Å²) in [5.41, 5.74) is 4.42. The first kappa shape index (κ1) is 26.4. The minimum absolute atomic E-state index is 0.0154. The van der Waals surface area contributed by atoms with E-state index in [2.05, 4.69) is 5.32 Å². The lowest BCUT2D eigenvalue weighted by Crippen LogP contribution is -2.30. The average molecular weight is 514 g/mol. The summed E-state index contributed by atoms with van der Waals surface area (Å²) >= 11 is 1.26. The molecule has 1 atom stereocenters. The minimum Gasteiger partial charge on any atom is -0.350 e. The highest BCUT2D eigenvalue weighted by molar-refractivity contribution is 8.00. The van der Waals surface area contributed by atoms with Gasteiger partial charge in [-0.05, 0) is 75.6 Å². The predicted octanol–water partition coefficient (Wildman–Crippen LogP) is 5.56. The molecule has 0 saturated heterocycles. The summed E-state index contributed by atoms with van der Waals surface area (Å²) in [7, 11) is 0. The van der Waals surface area contributed by atoms with E-state index in [0.717, 1.165) is 16.7 Å². The number of hydrogen-bond donors (Lipinski definition) is 1. The number of nitrogens with one attached hydrogen (secondary N) is 1. The van der Waals surface area contributed by atoms with E-state index < -0.39 is 5.25 Å². The molecule has 1 amide bonds. The predicted molar refractivity (Wildman–Crippen MR) is 150 cm³/mol. The van der Waals surface area contributed by atoms with Gasteiger partial charge in [0.1, 0.15) is 0 Å². The number of Topliss-reactive ketones (excluding diaryl/α,β-unsaturated/α-hetero) is 1. The maximum atomic E-state index is 13.6. The van der Waals surface area contributed by atoms with Crippen molar-refractivity contribution in [3.05, 3.63) is 105 Å². The molecule has 190 valence electrons. The minimum atomic E-state index is -0.471. The van der Waals surface area contributed by atoms with Crippen LogP contribution in [0, 0.1) is 13.8 Å². The van der Waals surface area contributed by atoms with Crippen LogP contribution < -0.4 is 10.9 Å². The summed E-state index contributed by atoms with van der Waals surface area (Å²) in [4.78, 5) is 44.3. The smallest absolute Gasteiger partial charge is 0.262 e. The number of rotatable bonds is 8. The van der Waals surface area contributed by atoms with Crippen molar-refractivity contribution in [2.45, 2.75) is 57.6 Å². The van der Waals surface area contributed by atoms with Gasteiger partial charge in [-0.2, -0.15) is 0 Å². The van der Waals surface area contributed by atoms with Crippen molar-refractivity contribution in [1.29, 1.82) is 0 Å². The Labute approximate surface area is 221 Å². The fraction of sp³-hybridized carbons (Fsp3) is 0.267. The molecule has 0 aliphatic heterocycles. The molecule has 1 aromatic heterocycles. The van der Waals surface area contributed by atoms with Gasteiger partial charge < -0.3 is 5.32 Å². The number of thioether (sulfide) groups is 1. The molecule has 7 heteroatoms. The second-order valence-corrected chi connectivity index (χ2v) is 10.9. The Morgan fingerprint density at radius 1 is 0.919 bits per heavy atom. The number of hydrogen-bond acceptors (Lipinski definition) is 5. The van der Waals surface area contributed by atoms with Crippen molar-refractivity contribution in [3.8, 4) is 0 Å². The standard InChI is InChI=1S/C30H31N3O3S/c1-18(2)31-28(35)24-13-14-25-26(16-24)32-30(33(29(25)36)17-22-9-7-6-8-10-22)37-21(5)27(34)23-12-11-19(3)20(4)15-23/h6-16,18,21H,17H2,1-5H3,(H,31,35)/t21-/m0/s1. The molecule has 37 heavy (non-hydrogen) atoms. The van der Waals surface area contributed by atoms with Crippen LogP contribution in [0.5, 0.6) is 0 Å². The Morgan fingerprint density at radius 2 is 1.62 bits per heavy atom. The zero-order valence-electron chi connectivity index (χ0n) is 21.7. The first-order valence-electron chi connectivity index (χ1n) is 12.3.